The van der Waals surface area contributed by atoms with Crippen LogP contribution in [0.3, 0.4) is 0 Å². The van der Waals surface area contributed by atoms with Gasteiger partial charge in [0.2, 0.25) is 0 Å². The lowest BCUT2D eigenvalue weighted by Crippen LogP contribution is -2.04. The maximum Gasteiger partial charge on any atom is 0.163 e. The highest BCUT2D eigenvalue weighted by Crippen LogP contribution is 2.30. The summed E-state index contributed by atoms with van der Waals surface area (Å²) in [6.45, 7) is 7.38. The Labute approximate surface area is 118 Å². The molecule has 0 aliphatic heterocycles. The van der Waals surface area contributed by atoms with Crippen molar-refractivity contribution in [2.45, 2.75) is 27.3 Å². The van der Waals surface area contributed by atoms with Crippen LogP contribution >= 0.6 is 0 Å². The Hall–Kier alpha value is -2.08. The van der Waals surface area contributed by atoms with Gasteiger partial charge in [0, 0.05) is 12.6 Å². The topological polar surface area (TPSA) is 75.2 Å². The fourth-order valence-electron chi connectivity index (χ4n) is 1.97. The van der Waals surface area contributed by atoms with Gasteiger partial charge in [-0.3, -0.25) is 0 Å². The quantitative estimate of drug-likeness (QED) is 0.871. The Balaban J connectivity index is 2.41. The lowest BCUT2D eigenvalue weighted by Gasteiger charge is -2.12. The standard InChI is InChI=1S/C14H20N4O2/c1-4-19-13-7-6-11(8-14(13)20-5-2)18-10(3)12(9-15)16-17-18/h6-8H,4-5,9,15H2,1-3H3. The van der Waals surface area contributed by atoms with Crippen LogP contribution in [0.4, 0.5) is 0 Å². The predicted molar refractivity (Wildman–Crippen MR) is 76.3 cm³/mol. The molecular formula is C14H20N4O2. The molecule has 6 heteroatoms. The van der Waals surface area contributed by atoms with E-state index in [2.05, 4.69) is 10.3 Å². The van der Waals surface area contributed by atoms with Gasteiger partial charge in [-0.25, -0.2) is 4.68 Å². The SMILES string of the molecule is CCOc1ccc(-n2nnc(CN)c2C)cc1OCC. The summed E-state index contributed by atoms with van der Waals surface area (Å²) >= 11 is 0. The summed E-state index contributed by atoms with van der Waals surface area (Å²) in [4.78, 5) is 0. The highest BCUT2D eigenvalue weighted by Gasteiger charge is 2.12. The Morgan fingerprint density at radius 1 is 1.15 bits per heavy atom. The number of aromatic nitrogens is 3. The Kier molecular flexibility index (Phi) is 4.57. The zero-order chi connectivity index (χ0) is 14.5. The molecule has 2 rings (SSSR count). The molecule has 0 saturated heterocycles. The highest BCUT2D eigenvalue weighted by molar-refractivity contribution is 5.49. The molecule has 0 spiro atoms. The zero-order valence-corrected chi connectivity index (χ0v) is 12.1. The van der Waals surface area contributed by atoms with Gasteiger partial charge in [0.05, 0.1) is 30.3 Å². The van der Waals surface area contributed by atoms with Gasteiger partial charge in [-0.15, -0.1) is 5.10 Å². The molecule has 0 aliphatic carbocycles. The molecule has 0 atom stereocenters. The van der Waals surface area contributed by atoms with Crippen molar-refractivity contribution in [1.29, 1.82) is 0 Å². The minimum Gasteiger partial charge on any atom is -0.490 e. The first-order valence-corrected chi connectivity index (χ1v) is 6.72. The van der Waals surface area contributed by atoms with E-state index >= 15 is 0 Å². The number of benzene rings is 1. The molecule has 2 aromatic rings. The molecule has 0 aliphatic rings. The van der Waals surface area contributed by atoms with Crippen LogP contribution in [0, 0.1) is 6.92 Å². The predicted octanol–water partition coefficient (Wildman–Crippen LogP) is 1.83. The molecule has 0 fully saturated rings. The van der Waals surface area contributed by atoms with Crippen molar-refractivity contribution in [2.24, 2.45) is 5.73 Å². The van der Waals surface area contributed by atoms with Gasteiger partial charge in [-0.1, -0.05) is 5.21 Å². The van der Waals surface area contributed by atoms with E-state index in [9.17, 15) is 0 Å². The first-order chi connectivity index (χ1) is 9.71. The van der Waals surface area contributed by atoms with Crippen molar-refractivity contribution in [1.82, 2.24) is 15.0 Å². The summed E-state index contributed by atoms with van der Waals surface area (Å²) in [7, 11) is 0. The molecule has 1 aromatic heterocycles. The van der Waals surface area contributed by atoms with Gasteiger partial charge in [-0.2, -0.15) is 0 Å². The van der Waals surface area contributed by atoms with Gasteiger partial charge >= 0.3 is 0 Å². The largest absolute Gasteiger partial charge is 0.490 e. The van der Waals surface area contributed by atoms with Crippen LogP contribution < -0.4 is 15.2 Å². The third-order valence-electron chi connectivity index (χ3n) is 2.96. The Morgan fingerprint density at radius 3 is 2.45 bits per heavy atom. The van der Waals surface area contributed by atoms with E-state index < -0.39 is 0 Å². The number of nitrogens with zero attached hydrogens (tertiary/aromatic N) is 3. The molecule has 20 heavy (non-hydrogen) atoms. The van der Waals surface area contributed by atoms with E-state index in [0.29, 0.717) is 25.5 Å². The Bertz CT molecular complexity index is 581. The summed E-state index contributed by atoms with van der Waals surface area (Å²) in [6, 6.07) is 5.71. The first kappa shape index (κ1) is 14.3. The van der Waals surface area contributed by atoms with Crippen LogP contribution in [-0.2, 0) is 6.54 Å². The van der Waals surface area contributed by atoms with Crippen molar-refractivity contribution in [3.8, 4) is 17.2 Å². The number of rotatable bonds is 6. The fourth-order valence-corrected chi connectivity index (χ4v) is 1.97. The summed E-state index contributed by atoms with van der Waals surface area (Å²) in [5, 5.41) is 8.18. The van der Waals surface area contributed by atoms with Crippen LogP contribution in [0.25, 0.3) is 5.69 Å². The molecule has 1 aromatic carbocycles. The summed E-state index contributed by atoms with van der Waals surface area (Å²) in [6.07, 6.45) is 0. The van der Waals surface area contributed by atoms with Gasteiger partial charge in [0.25, 0.3) is 0 Å². The molecule has 108 valence electrons. The van der Waals surface area contributed by atoms with E-state index in [1.54, 1.807) is 4.68 Å². The van der Waals surface area contributed by atoms with Crippen LogP contribution in [0.1, 0.15) is 25.2 Å². The van der Waals surface area contributed by atoms with Crippen molar-refractivity contribution < 1.29 is 9.47 Å². The molecule has 0 unspecified atom stereocenters. The normalized spacial score (nSPS) is 10.6. The minimum atomic E-state index is 0.376. The number of ether oxygens (including phenoxy) is 2. The first-order valence-electron chi connectivity index (χ1n) is 6.72. The van der Waals surface area contributed by atoms with E-state index in [-0.39, 0.29) is 0 Å². The zero-order valence-electron chi connectivity index (χ0n) is 12.1. The number of nitrogens with two attached hydrogens (primary N) is 1. The van der Waals surface area contributed by atoms with Crippen molar-refractivity contribution in [3.63, 3.8) is 0 Å². The molecule has 0 bridgehead atoms. The molecule has 2 N–H and O–H groups in total. The third-order valence-corrected chi connectivity index (χ3v) is 2.96. The average Bonchev–Trinajstić information content (AvgIpc) is 2.82. The third kappa shape index (κ3) is 2.75. The van der Waals surface area contributed by atoms with Crippen molar-refractivity contribution in [2.75, 3.05) is 13.2 Å². The van der Waals surface area contributed by atoms with Gasteiger partial charge in [0.15, 0.2) is 11.5 Å². The smallest absolute Gasteiger partial charge is 0.163 e. The monoisotopic (exact) mass is 276 g/mol. The molecular weight excluding hydrogens is 256 g/mol. The fraction of sp³-hybridized carbons (Fsp3) is 0.429. The second-order valence-electron chi connectivity index (χ2n) is 4.23. The van der Waals surface area contributed by atoms with E-state index in [0.717, 1.165) is 22.8 Å². The lowest BCUT2D eigenvalue weighted by atomic mass is 10.2. The second-order valence-corrected chi connectivity index (χ2v) is 4.23. The maximum absolute atomic E-state index is 5.62. The summed E-state index contributed by atoms with van der Waals surface area (Å²) in [5.74, 6) is 1.44. The Morgan fingerprint density at radius 2 is 1.85 bits per heavy atom. The van der Waals surface area contributed by atoms with Gasteiger partial charge < -0.3 is 15.2 Å². The van der Waals surface area contributed by atoms with E-state index in [1.165, 1.54) is 0 Å². The summed E-state index contributed by atoms with van der Waals surface area (Å²) < 4.78 is 12.9. The average molecular weight is 276 g/mol. The molecule has 0 radical (unpaired) electrons. The highest BCUT2D eigenvalue weighted by atomic mass is 16.5. The molecule has 1 heterocycles. The van der Waals surface area contributed by atoms with Crippen molar-refractivity contribution in [3.05, 3.63) is 29.6 Å². The number of hydrogen-bond acceptors (Lipinski definition) is 5. The summed E-state index contributed by atoms with van der Waals surface area (Å²) in [5.41, 5.74) is 8.22. The molecule has 0 saturated carbocycles. The molecule has 0 amide bonds. The maximum atomic E-state index is 5.62. The number of hydrogen-bond donors (Lipinski definition) is 1. The van der Waals surface area contributed by atoms with Crippen LogP contribution in [-0.4, -0.2) is 28.2 Å². The molecule has 6 nitrogen and oxygen atoms in total. The lowest BCUT2D eigenvalue weighted by molar-refractivity contribution is 0.287. The van der Waals surface area contributed by atoms with Gasteiger partial charge in [0.1, 0.15) is 0 Å². The van der Waals surface area contributed by atoms with Crippen LogP contribution in [0.5, 0.6) is 11.5 Å². The van der Waals surface area contributed by atoms with E-state index in [4.69, 9.17) is 15.2 Å². The van der Waals surface area contributed by atoms with Gasteiger partial charge in [-0.05, 0) is 32.9 Å². The van der Waals surface area contributed by atoms with Crippen LogP contribution in [0.2, 0.25) is 0 Å². The second kappa shape index (κ2) is 6.38. The minimum absolute atomic E-state index is 0.376. The van der Waals surface area contributed by atoms with Crippen LogP contribution in [0.15, 0.2) is 18.2 Å². The van der Waals surface area contributed by atoms with Crippen molar-refractivity contribution >= 4 is 0 Å². The van der Waals surface area contributed by atoms with E-state index in [1.807, 2.05) is 39.0 Å².